The normalized spacial score (nSPS) is 52.2. The number of ether oxygens (including phenoxy) is 4. The van der Waals surface area contributed by atoms with Gasteiger partial charge in [-0.15, -0.1) is 0 Å². The van der Waals surface area contributed by atoms with Crippen LogP contribution in [0.15, 0.2) is 0 Å². The maximum atomic E-state index is 6.47. The monoisotopic (exact) mass is 284 g/mol. The van der Waals surface area contributed by atoms with Gasteiger partial charge in [0.25, 0.3) is 0 Å². The topological polar surface area (TPSA) is 36.9 Å². The zero-order chi connectivity index (χ0) is 14.4. The summed E-state index contributed by atoms with van der Waals surface area (Å²) < 4.78 is 24.7. The summed E-state index contributed by atoms with van der Waals surface area (Å²) in [5.74, 6) is -0.401. The second-order valence-electron chi connectivity index (χ2n) is 6.87. The number of fused-ring (bicyclic) bond motifs is 2. The molecule has 0 bridgehead atoms. The zero-order valence-electron chi connectivity index (χ0n) is 13.2. The molecule has 0 spiro atoms. The molecule has 4 nitrogen and oxygen atoms in total. The second-order valence-corrected chi connectivity index (χ2v) is 6.87. The number of rotatable bonds is 2. The fourth-order valence-corrected chi connectivity index (χ4v) is 4.23. The van der Waals surface area contributed by atoms with E-state index >= 15 is 0 Å². The van der Waals surface area contributed by atoms with Crippen LogP contribution in [0.1, 0.15) is 52.4 Å². The number of hydrogen-bond donors (Lipinski definition) is 0. The molecule has 1 aliphatic heterocycles. The van der Waals surface area contributed by atoms with Gasteiger partial charge < -0.3 is 18.9 Å². The van der Waals surface area contributed by atoms with Crippen LogP contribution in [0.3, 0.4) is 0 Å². The lowest BCUT2D eigenvalue weighted by molar-refractivity contribution is -0.478. The average molecular weight is 284 g/mol. The summed E-state index contributed by atoms with van der Waals surface area (Å²) in [7, 11) is 3.45. The summed E-state index contributed by atoms with van der Waals surface area (Å²) in [5.41, 5.74) is 0. The van der Waals surface area contributed by atoms with Crippen molar-refractivity contribution in [2.24, 2.45) is 11.8 Å². The Kier molecular flexibility index (Phi) is 3.87. The van der Waals surface area contributed by atoms with E-state index < -0.39 is 11.6 Å². The fourth-order valence-electron chi connectivity index (χ4n) is 4.23. The molecule has 0 aromatic rings. The lowest BCUT2D eigenvalue weighted by Gasteiger charge is -2.60. The first-order valence-electron chi connectivity index (χ1n) is 8.02. The maximum absolute atomic E-state index is 6.47. The van der Waals surface area contributed by atoms with Crippen LogP contribution in [0.5, 0.6) is 0 Å². The minimum atomic E-state index is -0.744. The van der Waals surface area contributed by atoms with Crippen molar-refractivity contribution in [1.29, 1.82) is 0 Å². The van der Waals surface area contributed by atoms with Crippen molar-refractivity contribution in [2.45, 2.75) is 76.2 Å². The molecule has 0 N–H and O–H groups in total. The maximum Gasteiger partial charge on any atom is 0.224 e. The summed E-state index contributed by atoms with van der Waals surface area (Å²) in [4.78, 5) is 0. The van der Waals surface area contributed by atoms with Crippen molar-refractivity contribution in [2.75, 3.05) is 14.2 Å². The quantitative estimate of drug-likeness (QED) is 0.781. The Balaban J connectivity index is 1.94. The van der Waals surface area contributed by atoms with Crippen molar-refractivity contribution in [3.05, 3.63) is 0 Å². The second kappa shape index (κ2) is 5.24. The van der Waals surface area contributed by atoms with E-state index in [0.29, 0.717) is 11.8 Å². The molecule has 2 aliphatic carbocycles. The standard InChI is InChI=1S/C16H28O4/c1-11-9-15(17-3)16(18-4,10-12(11)2)20-14-8-6-5-7-13(14)19-15/h11-14H,5-10H2,1-4H3/t11-,12-,13+,14+,15+,16+/m0/s1. The molecule has 1 heterocycles. The van der Waals surface area contributed by atoms with Gasteiger partial charge >= 0.3 is 0 Å². The van der Waals surface area contributed by atoms with Gasteiger partial charge in [0, 0.05) is 27.1 Å². The van der Waals surface area contributed by atoms with Gasteiger partial charge in [-0.3, -0.25) is 0 Å². The first-order chi connectivity index (χ1) is 9.56. The Morgan fingerprint density at radius 2 is 1.20 bits per heavy atom. The third-order valence-corrected chi connectivity index (χ3v) is 5.72. The lowest BCUT2D eigenvalue weighted by Crippen LogP contribution is -2.71. The third kappa shape index (κ3) is 2.04. The number of methoxy groups -OCH3 is 2. The lowest BCUT2D eigenvalue weighted by atomic mass is 9.73. The summed E-state index contributed by atoms with van der Waals surface area (Å²) >= 11 is 0. The smallest absolute Gasteiger partial charge is 0.224 e. The summed E-state index contributed by atoms with van der Waals surface area (Å²) in [6.45, 7) is 4.53. The van der Waals surface area contributed by atoms with Crippen LogP contribution in [0.4, 0.5) is 0 Å². The van der Waals surface area contributed by atoms with E-state index in [9.17, 15) is 0 Å². The molecule has 0 amide bonds. The van der Waals surface area contributed by atoms with Gasteiger partial charge in [-0.1, -0.05) is 26.7 Å². The van der Waals surface area contributed by atoms with Crippen molar-refractivity contribution in [3.8, 4) is 0 Å². The molecule has 0 aromatic carbocycles. The molecule has 3 rings (SSSR count). The molecule has 0 unspecified atom stereocenters. The van der Waals surface area contributed by atoms with Gasteiger partial charge in [-0.05, 0) is 24.7 Å². The minimum absolute atomic E-state index is 0.160. The van der Waals surface area contributed by atoms with Gasteiger partial charge in [-0.25, -0.2) is 0 Å². The number of hydrogen-bond acceptors (Lipinski definition) is 4. The summed E-state index contributed by atoms with van der Waals surface area (Å²) in [6.07, 6.45) is 6.56. The zero-order valence-corrected chi connectivity index (χ0v) is 13.2. The van der Waals surface area contributed by atoms with Crippen LogP contribution in [-0.2, 0) is 18.9 Å². The van der Waals surface area contributed by atoms with Crippen LogP contribution in [-0.4, -0.2) is 38.0 Å². The highest BCUT2D eigenvalue weighted by molar-refractivity contribution is 5.02. The Hall–Kier alpha value is -0.160. The van der Waals surface area contributed by atoms with Gasteiger partial charge in [-0.2, -0.15) is 0 Å². The van der Waals surface area contributed by atoms with Crippen molar-refractivity contribution < 1.29 is 18.9 Å². The van der Waals surface area contributed by atoms with Crippen LogP contribution >= 0.6 is 0 Å². The highest BCUT2D eigenvalue weighted by Gasteiger charge is 2.65. The van der Waals surface area contributed by atoms with Crippen LogP contribution in [0.2, 0.25) is 0 Å². The van der Waals surface area contributed by atoms with E-state index in [1.807, 2.05) is 0 Å². The summed E-state index contributed by atoms with van der Waals surface area (Å²) in [6, 6.07) is 0. The Labute approximate surface area is 122 Å². The molecule has 4 heteroatoms. The van der Waals surface area contributed by atoms with Crippen LogP contribution in [0, 0.1) is 11.8 Å². The van der Waals surface area contributed by atoms with E-state index in [-0.39, 0.29) is 12.2 Å². The Morgan fingerprint density at radius 1 is 0.800 bits per heavy atom. The molecule has 3 fully saturated rings. The molecular weight excluding hydrogens is 256 g/mol. The van der Waals surface area contributed by atoms with Crippen molar-refractivity contribution in [3.63, 3.8) is 0 Å². The third-order valence-electron chi connectivity index (χ3n) is 5.72. The first-order valence-corrected chi connectivity index (χ1v) is 8.02. The van der Waals surface area contributed by atoms with Crippen LogP contribution < -0.4 is 0 Å². The molecule has 1 saturated heterocycles. The average Bonchev–Trinajstić information content (AvgIpc) is 2.46. The molecule has 0 aromatic heterocycles. The van der Waals surface area contributed by atoms with E-state index in [1.165, 1.54) is 12.8 Å². The van der Waals surface area contributed by atoms with Gasteiger partial charge in [0.1, 0.15) is 0 Å². The molecule has 3 aliphatic rings. The van der Waals surface area contributed by atoms with E-state index in [0.717, 1.165) is 25.7 Å². The van der Waals surface area contributed by atoms with E-state index in [2.05, 4.69) is 13.8 Å². The largest absolute Gasteiger partial charge is 0.349 e. The highest BCUT2D eigenvalue weighted by Crippen LogP contribution is 2.53. The van der Waals surface area contributed by atoms with E-state index in [1.54, 1.807) is 14.2 Å². The molecular formula is C16H28O4. The summed E-state index contributed by atoms with van der Waals surface area (Å²) in [5, 5.41) is 0. The predicted octanol–water partition coefficient (Wildman–Crippen LogP) is 3.10. The minimum Gasteiger partial charge on any atom is -0.349 e. The Morgan fingerprint density at radius 3 is 1.55 bits per heavy atom. The fraction of sp³-hybridized carbons (Fsp3) is 1.00. The SMILES string of the molecule is CO[C@@]12C[C@H](C)[C@@H](C)C[C@@]1(OC)O[C@@H]1CCCC[C@H]1O2. The van der Waals surface area contributed by atoms with Gasteiger partial charge in [0.15, 0.2) is 0 Å². The van der Waals surface area contributed by atoms with Crippen LogP contribution in [0.25, 0.3) is 0 Å². The van der Waals surface area contributed by atoms with Crippen molar-refractivity contribution in [1.82, 2.24) is 0 Å². The van der Waals surface area contributed by atoms with Gasteiger partial charge in [0.2, 0.25) is 11.6 Å². The first kappa shape index (κ1) is 14.8. The Bertz CT molecular complexity index is 326. The molecule has 2 saturated carbocycles. The molecule has 0 radical (unpaired) electrons. The predicted molar refractivity (Wildman–Crippen MR) is 75.3 cm³/mol. The molecule has 20 heavy (non-hydrogen) atoms. The van der Waals surface area contributed by atoms with E-state index in [4.69, 9.17) is 18.9 Å². The van der Waals surface area contributed by atoms with Crippen molar-refractivity contribution >= 4 is 0 Å². The van der Waals surface area contributed by atoms with Gasteiger partial charge in [0.05, 0.1) is 12.2 Å². The molecule has 6 atom stereocenters. The molecule has 116 valence electrons. The highest BCUT2D eigenvalue weighted by atomic mass is 16.8.